The van der Waals surface area contributed by atoms with Gasteiger partial charge in [-0.3, -0.25) is 5.10 Å². The van der Waals surface area contributed by atoms with Crippen molar-refractivity contribution in [1.29, 1.82) is 0 Å². The van der Waals surface area contributed by atoms with Gasteiger partial charge in [-0.2, -0.15) is 5.10 Å². The van der Waals surface area contributed by atoms with Crippen molar-refractivity contribution in [3.8, 4) is 0 Å². The van der Waals surface area contributed by atoms with Crippen molar-refractivity contribution >= 4 is 16.7 Å². The molecule has 0 atom stereocenters. The highest BCUT2D eigenvalue weighted by atomic mass is 16.5. The number of hydrogen-bond acceptors (Lipinski definition) is 3. The van der Waals surface area contributed by atoms with E-state index in [0.29, 0.717) is 5.56 Å². The topological polar surface area (TPSA) is 74.8 Å². The average Bonchev–Trinajstić information content (AvgIpc) is 2.89. The molecule has 1 aromatic carbocycles. The van der Waals surface area contributed by atoms with E-state index in [-0.39, 0.29) is 5.84 Å². The number of nitrogens with one attached hydrogen (secondary N) is 1. The van der Waals surface area contributed by atoms with Crippen LogP contribution in [0.25, 0.3) is 10.9 Å². The molecule has 0 saturated heterocycles. The highest BCUT2D eigenvalue weighted by molar-refractivity contribution is 5.94. The van der Waals surface area contributed by atoms with Gasteiger partial charge in [-0.1, -0.05) is 0 Å². The first-order valence-electron chi connectivity index (χ1n) is 6.52. The van der Waals surface area contributed by atoms with Gasteiger partial charge in [0.15, 0.2) is 0 Å². The zero-order chi connectivity index (χ0) is 14.7. The molecular weight excluding hydrogens is 256 g/mol. The van der Waals surface area contributed by atoms with Crippen LogP contribution in [0.2, 0.25) is 0 Å². The van der Waals surface area contributed by atoms with Gasteiger partial charge in [-0.05, 0) is 18.2 Å². The second-order valence-corrected chi connectivity index (χ2v) is 6.20. The fourth-order valence-electron chi connectivity index (χ4n) is 2.43. The van der Waals surface area contributed by atoms with Crippen molar-refractivity contribution in [1.82, 2.24) is 10.2 Å². The number of H-pyrrole nitrogens is 1. The second-order valence-electron chi connectivity index (χ2n) is 6.20. The molecule has 1 aromatic heterocycles. The Labute approximate surface area is 116 Å². The zero-order valence-corrected chi connectivity index (χ0v) is 12.0. The Balaban J connectivity index is 2.23. The molecule has 0 fully saturated rings. The molecule has 20 heavy (non-hydrogen) atoms. The standard InChI is InChI=1S/C14H17N4O2/c1-13(2)14(3,4)18(20)12(17(13)19)9-5-6-11-10(7-9)8-15-16-11/h5-8H,1-4H3,(H,15,16)/q+1. The lowest BCUT2D eigenvalue weighted by molar-refractivity contribution is -0.555. The second kappa shape index (κ2) is 3.65. The smallest absolute Gasteiger partial charge is 0.504 e. The van der Waals surface area contributed by atoms with E-state index >= 15 is 0 Å². The summed E-state index contributed by atoms with van der Waals surface area (Å²) in [4.78, 5) is 12.5. The van der Waals surface area contributed by atoms with E-state index in [1.807, 2.05) is 6.07 Å². The van der Waals surface area contributed by atoms with E-state index in [0.717, 1.165) is 20.4 Å². The minimum atomic E-state index is -0.796. The van der Waals surface area contributed by atoms with E-state index in [4.69, 9.17) is 0 Å². The molecule has 0 aliphatic carbocycles. The lowest BCUT2D eigenvalue weighted by Crippen LogP contribution is -2.50. The van der Waals surface area contributed by atoms with Crippen LogP contribution < -0.4 is 0 Å². The fraction of sp³-hybridized carbons (Fsp3) is 0.429. The van der Waals surface area contributed by atoms with Crippen molar-refractivity contribution in [3.63, 3.8) is 0 Å². The van der Waals surface area contributed by atoms with E-state index in [1.165, 1.54) is 0 Å². The van der Waals surface area contributed by atoms with Gasteiger partial charge in [-0.15, -0.1) is 4.74 Å². The Morgan fingerprint density at radius 2 is 1.90 bits per heavy atom. The number of rotatable bonds is 1. The van der Waals surface area contributed by atoms with Crippen LogP contribution in [-0.4, -0.2) is 36.6 Å². The number of aromatic amines is 1. The van der Waals surface area contributed by atoms with E-state index in [1.54, 1.807) is 46.0 Å². The third-order valence-electron chi connectivity index (χ3n) is 4.60. The average molecular weight is 273 g/mol. The number of benzene rings is 1. The van der Waals surface area contributed by atoms with Gasteiger partial charge in [0.1, 0.15) is 10.3 Å². The Morgan fingerprint density at radius 3 is 2.50 bits per heavy atom. The molecule has 0 saturated carbocycles. The largest absolute Gasteiger partial charge is 0.618 e. The quantitative estimate of drug-likeness (QED) is 0.639. The summed E-state index contributed by atoms with van der Waals surface area (Å²) >= 11 is 0. The summed E-state index contributed by atoms with van der Waals surface area (Å²) in [5.74, 6) is 0.156. The Hall–Kier alpha value is -2.24. The van der Waals surface area contributed by atoms with Gasteiger partial charge < -0.3 is 5.21 Å². The number of nitroso groups, excluding NO2 is 1. The number of nitrogens with zero attached hydrogens (tertiary/aromatic N) is 3. The third-order valence-corrected chi connectivity index (χ3v) is 4.60. The summed E-state index contributed by atoms with van der Waals surface area (Å²) in [6.45, 7) is 7.14. The SMILES string of the molecule is CC1(C)[N+](=O)C(c2ccc3[nH]ncc3c2)=[N+]([O-])C1(C)C. The van der Waals surface area contributed by atoms with Crippen LogP contribution in [-0.2, 0) is 0 Å². The molecule has 1 aliphatic heterocycles. The molecule has 0 amide bonds. The number of fused-ring (bicyclic) bond motifs is 1. The lowest BCUT2D eigenvalue weighted by Gasteiger charge is -2.22. The Morgan fingerprint density at radius 1 is 1.20 bits per heavy atom. The fourth-order valence-corrected chi connectivity index (χ4v) is 2.43. The van der Waals surface area contributed by atoms with E-state index < -0.39 is 11.1 Å². The van der Waals surface area contributed by atoms with Gasteiger partial charge in [0.2, 0.25) is 5.54 Å². The molecule has 0 bridgehead atoms. The number of hydroxylamine groups is 1. The van der Waals surface area contributed by atoms with Crippen LogP contribution in [0.3, 0.4) is 0 Å². The van der Waals surface area contributed by atoms with Gasteiger partial charge in [0.25, 0.3) is 5.54 Å². The number of hydrogen-bond donors (Lipinski definition) is 1. The van der Waals surface area contributed by atoms with Crippen LogP contribution in [0.5, 0.6) is 0 Å². The van der Waals surface area contributed by atoms with Gasteiger partial charge >= 0.3 is 5.84 Å². The minimum Gasteiger partial charge on any atom is -0.618 e. The molecule has 2 aromatic rings. The lowest BCUT2D eigenvalue weighted by atomic mass is 9.84. The molecule has 1 aliphatic rings. The normalized spacial score (nSPS) is 20.9. The predicted molar refractivity (Wildman–Crippen MR) is 75.6 cm³/mol. The maximum absolute atomic E-state index is 12.5. The van der Waals surface area contributed by atoms with Crippen LogP contribution in [0, 0.1) is 10.1 Å². The number of amidine groups is 1. The summed E-state index contributed by atoms with van der Waals surface area (Å²) in [5, 5.41) is 20.2. The van der Waals surface area contributed by atoms with Crippen molar-refractivity contribution < 1.29 is 9.50 Å². The molecule has 0 spiro atoms. The van der Waals surface area contributed by atoms with Crippen molar-refractivity contribution in [2.24, 2.45) is 0 Å². The first-order chi connectivity index (χ1) is 9.26. The van der Waals surface area contributed by atoms with Crippen LogP contribution in [0.1, 0.15) is 33.3 Å². The molecule has 3 rings (SSSR count). The maximum Gasteiger partial charge on any atom is 0.504 e. The Bertz CT molecular complexity index is 755. The summed E-state index contributed by atoms with van der Waals surface area (Å²) < 4.78 is 1.64. The van der Waals surface area contributed by atoms with E-state index in [2.05, 4.69) is 10.2 Å². The van der Waals surface area contributed by atoms with Gasteiger partial charge in [0, 0.05) is 38.0 Å². The molecule has 0 unspecified atom stereocenters. The zero-order valence-electron chi connectivity index (χ0n) is 12.0. The highest BCUT2D eigenvalue weighted by Crippen LogP contribution is 2.35. The highest BCUT2D eigenvalue weighted by Gasteiger charge is 2.68. The summed E-state index contributed by atoms with van der Waals surface area (Å²) in [5.41, 5.74) is -0.103. The van der Waals surface area contributed by atoms with Crippen molar-refractivity contribution in [3.05, 3.63) is 40.1 Å². The minimum absolute atomic E-state index is 0.156. The predicted octanol–water partition coefficient (Wildman–Crippen LogP) is 2.17. The third kappa shape index (κ3) is 1.39. The molecule has 0 radical (unpaired) electrons. The van der Waals surface area contributed by atoms with Crippen LogP contribution >= 0.6 is 0 Å². The molecule has 1 N–H and O–H groups in total. The number of aromatic nitrogens is 2. The van der Waals surface area contributed by atoms with Gasteiger partial charge in [-0.25, -0.2) is 0 Å². The first kappa shape index (κ1) is 12.8. The molecular formula is C14H17N4O2+. The first-order valence-corrected chi connectivity index (χ1v) is 6.52. The van der Waals surface area contributed by atoms with Crippen molar-refractivity contribution in [2.75, 3.05) is 0 Å². The molecule has 104 valence electrons. The summed E-state index contributed by atoms with van der Waals surface area (Å²) in [7, 11) is 0. The molecule has 6 nitrogen and oxygen atoms in total. The maximum atomic E-state index is 12.5. The molecule has 2 heterocycles. The Kier molecular flexibility index (Phi) is 2.33. The monoisotopic (exact) mass is 273 g/mol. The van der Waals surface area contributed by atoms with E-state index in [9.17, 15) is 10.1 Å². The summed E-state index contributed by atoms with van der Waals surface area (Å²) in [6, 6.07) is 5.40. The summed E-state index contributed by atoms with van der Waals surface area (Å²) in [6.07, 6.45) is 1.68. The molecule has 6 heteroatoms. The van der Waals surface area contributed by atoms with Crippen LogP contribution in [0.15, 0.2) is 24.4 Å². The van der Waals surface area contributed by atoms with Crippen molar-refractivity contribution in [2.45, 2.75) is 38.8 Å². The van der Waals surface area contributed by atoms with Crippen LogP contribution in [0.4, 0.5) is 0 Å². The van der Waals surface area contributed by atoms with Gasteiger partial charge in [0.05, 0.1) is 11.7 Å².